The first-order valence-corrected chi connectivity index (χ1v) is 7.69. The van der Waals surface area contributed by atoms with Gasteiger partial charge in [-0.2, -0.15) is 0 Å². The van der Waals surface area contributed by atoms with Crippen LogP contribution in [0.3, 0.4) is 0 Å². The van der Waals surface area contributed by atoms with E-state index >= 15 is 0 Å². The summed E-state index contributed by atoms with van der Waals surface area (Å²) < 4.78 is 0. The molecule has 18 heavy (non-hydrogen) atoms. The van der Waals surface area contributed by atoms with Crippen molar-refractivity contribution in [1.82, 2.24) is 5.32 Å². The van der Waals surface area contributed by atoms with Crippen molar-refractivity contribution in [3.05, 3.63) is 0 Å². The number of carbonyl (C=O) groups is 1. The third kappa shape index (κ3) is 6.39. The van der Waals surface area contributed by atoms with Crippen LogP contribution in [-0.4, -0.2) is 23.7 Å². The molecule has 0 aromatic rings. The molecule has 3 nitrogen and oxygen atoms in total. The summed E-state index contributed by atoms with van der Waals surface area (Å²) in [6.45, 7) is 3.32. The first-order valence-electron chi connectivity index (χ1n) is 7.69. The molecule has 1 fully saturated rings. The number of rotatable bonds is 9. The first kappa shape index (κ1) is 15.5. The van der Waals surface area contributed by atoms with Crippen LogP contribution in [0.15, 0.2) is 0 Å². The van der Waals surface area contributed by atoms with Gasteiger partial charge in [-0.25, -0.2) is 0 Å². The van der Waals surface area contributed by atoms with Crippen molar-refractivity contribution in [2.75, 3.05) is 6.54 Å². The second kappa shape index (κ2) is 9.37. The summed E-state index contributed by atoms with van der Waals surface area (Å²) in [4.78, 5) is 10.4. The lowest BCUT2D eigenvalue weighted by Crippen LogP contribution is -2.37. The summed E-state index contributed by atoms with van der Waals surface area (Å²) in [5.74, 6) is 0.208. The van der Waals surface area contributed by atoms with Crippen molar-refractivity contribution >= 4 is 5.97 Å². The molecule has 2 N–H and O–H groups in total. The Kier molecular flexibility index (Phi) is 8.06. The summed E-state index contributed by atoms with van der Waals surface area (Å²) in [6, 6.07) is 0.685. The molecule has 1 unspecified atom stereocenters. The van der Waals surface area contributed by atoms with E-state index < -0.39 is 5.97 Å². The molecule has 0 bridgehead atoms. The molecule has 1 saturated carbocycles. The van der Waals surface area contributed by atoms with Crippen LogP contribution >= 0.6 is 0 Å². The van der Waals surface area contributed by atoms with Gasteiger partial charge in [-0.15, -0.1) is 0 Å². The van der Waals surface area contributed by atoms with Gasteiger partial charge in [0.2, 0.25) is 0 Å². The predicted molar refractivity (Wildman–Crippen MR) is 74.8 cm³/mol. The number of aliphatic carboxylic acids is 1. The number of carboxylic acid groups (broad SMARTS) is 1. The molecule has 0 aliphatic heterocycles. The minimum Gasteiger partial charge on any atom is -0.481 e. The van der Waals surface area contributed by atoms with E-state index in [1.54, 1.807) is 0 Å². The molecule has 1 atom stereocenters. The lowest BCUT2D eigenvalue weighted by Gasteiger charge is -2.30. The van der Waals surface area contributed by atoms with E-state index in [0.29, 0.717) is 12.5 Å². The Morgan fingerprint density at radius 2 is 1.94 bits per heavy atom. The lowest BCUT2D eigenvalue weighted by atomic mass is 9.83. The molecule has 0 aromatic carbocycles. The van der Waals surface area contributed by atoms with Crippen molar-refractivity contribution in [3.8, 4) is 0 Å². The Bertz CT molecular complexity index is 225. The predicted octanol–water partition coefficient (Wildman–Crippen LogP) is 3.58. The molecule has 0 aromatic heterocycles. The summed E-state index contributed by atoms with van der Waals surface area (Å²) in [7, 11) is 0. The largest absolute Gasteiger partial charge is 0.481 e. The highest BCUT2D eigenvalue weighted by atomic mass is 16.4. The topological polar surface area (TPSA) is 49.3 Å². The van der Waals surface area contributed by atoms with Gasteiger partial charge in [0.05, 0.1) is 0 Å². The Hall–Kier alpha value is -0.570. The van der Waals surface area contributed by atoms with Gasteiger partial charge in [-0.05, 0) is 44.6 Å². The minimum atomic E-state index is -0.670. The van der Waals surface area contributed by atoms with Crippen LogP contribution in [-0.2, 0) is 4.79 Å². The highest BCUT2D eigenvalue weighted by Crippen LogP contribution is 2.27. The molecule has 0 spiro atoms. The van der Waals surface area contributed by atoms with Crippen LogP contribution < -0.4 is 5.32 Å². The maximum Gasteiger partial charge on any atom is 0.303 e. The van der Waals surface area contributed by atoms with E-state index in [1.165, 1.54) is 38.5 Å². The highest BCUT2D eigenvalue weighted by Gasteiger charge is 2.21. The number of hydrogen-bond acceptors (Lipinski definition) is 2. The normalized spacial score (nSPS) is 18.7. The molecule has 106 valence electrons. The monoisotopic (exact) mass is 255 g/mol. The van der Waals surface area contributed by atoms with Crippen LogP contribution in [0.1, 0.15) is 71.1 Å². The molecular formula is C15H29NO2. The van der Waals surface area contributed by atoms with Crippen LogP contribution in [0.25, 0.3) is 0 Å². The standard InChI is InChI=1S/C15H29NO2/c1-2-14(13-9-5-3-6-10-13)16-12-8-4-7-11-15(17)18/h13-14,16H,2-12H2,1H3,(H,17,18). The highest BCUT2D eigenvalue weighted by molar-refractivity contribution is 5.66. The van der Waals surface area contributed by atoms with Gasteiger partial charge >= 0.3 is 5.97 Å². The van der Waals surface area contributed by atoms with Crippen LogP contribution in [0.4, 0.5) is 0 Å². The van der Waals surface area contributed by atoms with Crippen molar-refractivity contribution in [3.63, 3.8) is 0 Å². The van der Waals surface area contributed by atoms with E-state index in [0.717, 1.165) is 31.7 Å². The average molecular weight is 255 g/mol. The third-order valence-electron chi connectivity index (χ3n) is 4.13. The number of carboxylic acids is 1. The minimum absolute atomic E-state index is 0.319. The summed E-state index contributed by atoms with van der Waals surface area (Å²) in [6.07, 6.45) is 11.5. The third-order valence-corrected chi connectivity index (χ3v) is 4.13. The second-order valence-corrected chi connectivity index (χ2v) is 5.57. The van der Waals surface area contributed by atoms with Crippen LogP contribution in [0.5, 0.6) is 0 Å². The number of nitrogens with one attached hydrogen (secondary N) is 1. The molecule has 3 heteroatoms. The summed E-state index contributed by atoms with van der Waals surface area (Å²) in [5, 5.41) is 12.2. The van der Waals surface area contributed by atoms with Crippen LogP contribution in [0.2, 0.25) is 0 Å². The maximum absolute atomic E-state index is 10.4. The molecule has 0 radical (unpaired) electrons. The van der Waals surface area contributed by atoms with E-state index in [2.05, 4.69) is 12.2 Å². The fourth-order valence-electron chi connectivity index (χ4n) is 3.05. The van der Waals surface area contributed by atoms with Crippen LogP contribution in [0, 0.1) is 5.92 Å². The van der Waals surface area contributed by atoms with E-state index in [9.17, 15) is 4.79 Å². The number of unbranched alkanes of at least 4 members (excludes halogenated alkanes) is 2. The fourth-order valence-corrected chi connectivity index (χ4v) is 3.05. The fraction of sp³-hybridized carbons (Fsp3) is 0.933. The SMILES string of the molecule is CCC(NCCCCCC(=O)O)C1CCCCC1. The smallest absolute Gasteiger partial charge is 0.303 e. The average Bonchev–Trinajstić information content (AvgIpc) is 2.38. The number of hydrogen-bond donors (Lipinski definition) is 2. The van der Waals surface area contributed by atoms with Crippen molar-refractivity contribution in [2.24, 2.45) is 5.92 Å². The molecule has 0 saturated heterocycles. The molecular weight excluding hydrogens is 226 g/mol. The van der Waals surface area contributed by atoms with Gasteiger partial charge in [-0.1, -0.05) is 32.6 Å². The maximum atomic E-state index is 10.4. The van der Waals surface area contributed by atoms with Gasteiger partial charge in [0.15, 0.2) is 0 Å². The molecule has 1 aliphatic carbocycles. The van der Waals surface area contributed by atoms with E-state index in [1.807, 2.05) is 0 Å². The second-order valence-electron chi connectivity index (χ2n) is 5.57. The van der Waals surface area contributed by atoms with Gasteiger partial charge in [-0.3, -0.25) is 4.79 Å². The zero-order valence-electron chi connectivity index (χ0n) is 11.8. The Morgan fingerprint density at radius 1 is 1.22 bits per heavy atom. The van der Waals surface area contributed by atoms with Gasteiger partial charge in [0.1, 0.15) is 0 Å². The van der Waals surface area contributed by atoms with E-state index in [4.69, 9.17) is 5.11 Å². The zero-order chi connectivity index (χ0) is 13.2. The van der Waals surface area contributed by atoms with Crippen molar-refractivity contribution < 1.29 is 9.90 Å². The zero-order valence-corrected chi connectivity index (χ0v) is 11.8. The lowest BCUT2D eigenvalue weighted by molar-refractivity contribution is -0.137. The van der Waals surface area contributed by atoms with Crippen molar-refractivity contribution in [2.45, 2.75) is 77.2 Å². The molecule has 1 rings (SSSR count). The Labute approximate surface area is 111 Å². The first-order chi connectivity index (χ1) is 8.74. The van der Waals surface area contributed by atoms with Gasteiger partial charge in [0.25, 0.3) is 0 Å². The summed E-state index contributed by atoms with van der Waals surface area (Å²) in [5.41, 5.74) is 0. The van der Waals surface area contributed by atoms with Gasteiger partial charge < -0.3 is 10.4 Å². The molecule has 0 heterocycles. The molecule has 0 amide bonds. The molecule has 1 aliphatic rings. The van der Waals surface area contributed by atoms with E-state index in [-0.39, 0.29) is 0 Å². The summed E-state index contributed by atoms with van der Waals surface area (Å²) >= 11 is 0. The van der Waals surface area contributed by atoms with Gasteiger partial charge in [0, 0.05) is 12.5 Å². The van der Waals surface area contributed by atoms with Crippen molar-refractivity contribution in [1.29, 1.82) is 0 Å². The quantitative estimate of drug-likeness (QED) is 0.619. The Balaban J connectivity index is 2.06. The Morgan fingerprint density at radius 3 is 2.56 bits per heavy atom.